The summed E-state index contributed by atoms with van der Waals surface area (Å²) in [7, 11) is 1.71. The smallest absolute Gasteiger partial charge is 0.338 e. The number of hydrogen-bond donors (Lipinski definition) is 1. The van der Waals surface area contributed by atoms with Gasteiger partial charge in [-0.25, -0.2) is 4.79 Å². The van der Waals surface area contributed by atoms with Crippen LogP contribution >= 0.6 is 0 Å². The highest BCUT2D eigenvalue weighted by Gasteiger charge is 2.29. The molecule has 116 valence electrons. The first-order valence-corrected chi connectivity index (χ1v) is 6.97. The summed E-state index contributed by atoms with van der Waals surface area (Å²) in [6.45, 7) is 3.09. The molecule has 2 rings (SSSR count). The Hall–Kier alpha value is -2.63. The first-order chi connectivity index (χ1) is 10.5. The van der Waals surface area contributed by atoms with Crippen LogP contribution in [-0.2, 0) is 14.3 Å². The highest BCUT2D eigenvalue weighted by molar-refractivity contribution is 5.99. The fraction of sp³-hybridized carbons (Fsp3) is 0.312. The zero-order valence-electron chi connectivity index (χ0n) is 12.4. The summed E-state index contributed by atoms with van der Waals surface area (Å²) in [5.74, 6) is -1.10. The predicted octanol–water partition coefficient (Wildman–Crippen LogP) is 1.59. The Morgan fingerprint density at radius 3 is 2.50 bits per heavy atom. The molecular formula is C16H18N2O4. The van der Waals surface area contributed by atoms with Crippen LogP contribution in [0, 0.1) is 0 Å². The lowest BCUT2D eigenvalue weighted by Crippen LogP contribution is -2.32. The Labute approximate surface area is 128 Å². The molecule has 0 atom stereocenters. The molecule has 1 N–H and O–H groups in total. The van der Waals surface area contributed by atoms with Gasteiger partial charge in [-0.15, -0.1) is 0 Å². The lowest BCUT2D eigenvalue weighted by Gasteiger charge is -2.15. The number of nitrogens with one attached hydrogen (secondary N) is 1. The van der Waals surface area contributed by atoms with Crippen molar-refractivity contribution in [1.29, 1.82) is 0 Å². The van der Waals surface area contributed by atoms with E-state index in [1.54, 1.807) is 24.1 Å². The van der Waals surface area contributed by atoms with Crippen molar-refractivity contribution in [3.63, 3.8) is 0 Å². The van der Waals surface area contributed by atoms with Gasteiger partial charge in [-0.2, -0.15) is 0 Å². The number of ether oxygens (including phenoxy) is 1. The average Bonchev–Trinajstić information content (AvgIpc) is 3.36. The molecule has 0 saturated heterocycles. The van der Waals surface area contributed by atoms with Crippen molar-refractivity contribution < 1.29 is 19.1 Å². The van der Waals surface area contributed by atoms with Crippen molar-refractivity contribution in [3.05, 3.63) is 42.5 Å². The molecule has 1 aliphatic rings. The Morgan fingerprint density at radius 2 is 1.95 bits per heavy atom. The zero-order valence-corrected chi connectivity index (χ0v) is 12.4. The third-order valence-electron chi connectivity index (χ3n) is 3.39. The van der Waals surface area contributed by atoms with E-state index in [1.807, 2.05) is 0 Å². The van der Waals surface area contributed by atoms with E-state index in [4.69, 9.17) is 4.74 Å². The standard InChI is InChI=1S/C16H18N2O4/c1-3-14(19)17-12-6-4-11(5-7-12)16(21)22-10-15(20)18(2)13-8-9-13/h3-7,13H,1,8-10H2,2H3,(H,17,19). The molecule has 0 spiro atoms. The zero-order chi connectivity index (χ0) is 16.1. The van der Waals surface area contributed by atoms with Crippen molar-refractivity contribution >= 4 is 23.5 Å². The topological polar surface area (TPSA) is 75.7 Å². The SMILES string of the molecule is C=CC(=O)Nc1ccc(C(=O)OCC(=O)N(C)C2CC2)cc1. The molecule has 1 aliphatic carbocycles. The summed E-state index contributed by atoms with van der Waals surface area (Å²) < 4.78 is 5.00. The van der Waals surface area contributed by atoms with Gasteiger partial charge in [0.25, 0.3) is 5.91 Å². The first-order valence-electron chi connectivity index (χ1n) is 6.97. The largest absolute Gasteiger partial charge is 0.452 e. The molecule has 2 amide bonds. The van der Waals surface area contributed by atoms with Gasteiger partial charge in [-0.05, 0) is 43.2 Å². The molecule has 1 aromatic carbocycles. The second-order valence-electron chi connectivity index (χ2n) is 5.08. The van der Waals surface area contributed by atoms with Gasteiger partial charge < -0.3 is 15.0 Å². The summed E-state index contributed by atoms with van der Waals surface area (Å²) in [6.07, 6.45) is 3.17. The van der Waals surface area contributed by atoms with Gasteiger partial charge in [0, 0.05) is 18.8 Å². The van der Waals surface area contributed by atoms with Crippen LogP contribution in [0.3, 0.4) is 0 Å². The van der Waals surface area contributed by atoms with E-state index in [-0.39, 0.29) is 18.4 Å². The van der Waals surface area contributed by atoms with Gasteiger partial charge in [0.05, 0.1) is 5.56 Å². The third-order valence-corrected chi connectivity index (χ3v) is 3.39. The molecule has 1 saturated carbocycles. The molecule has 0 radical (unpaired) electrons. The van der Waals surface area contributed by atoms with Gasteiger partial charge in [0.15, 0.2) is 6.61 Å². The van der Waals surface area contributed by atoms with Crippen LogP contribution in [0.4, 0.5) is 5.69 Å². The van der Waals surface area contributed by atoms with Crippen LogP contribution in [0.2, 0.25) is 0 Å². The Balaban J connectivity index is 1.85. The maximum Gasteiger partial charge on any atom is 0.338 e. The number of rotatable bonds is 6. The Morgan fingerprint density at radius 1 is 1.32 bits per heavy atom. The van der Waals surface area contributed by atoms with E-state index in [0.717, 1.165) is 18.9 Å². The fourth-order valence-corrected chi connectivity index (χ4v) is 1.86. The lowest BCUT2D eigenvalue weighted by molar-refractivity contribution is -0.133. The maximum atomic E-state index is 11.9. The normalized spacial score (nSPS) is 13.1. The van der Waals surface area contributed by atoms with Gasteiger partial charge in [0.1, 0.15) is 0 Å². The number of benzene rings is 1. The van der Waals surface area contributed by atoms with E-state index in [2.05, 4.69) is 11.9 Å². The van der Waals surface area contributed by atoms with Gasteiger partial charge in [-0.3, -0.25) is 9.59 Å². The molecular weight excluding hydrogens is 284 g/mol. The Kier molecular flexibility index (Phi) is 4.93. The highest BCUT2D eigenvalue weighted by atomic mass is 16.5. The van der Waals surface area contributed by atoms with E-state index < -0.39 is 5.97 Å². The molecule has 22 heavy (non-hydrogen) atoms. The minimum absolute atomic E-state index is 0.203. The van der Waals surface area contributed by atoms with E-state index in [0.29, 0.717) is 17.3 Å². The molecule has 0 unspecified atom stereocenters. The summed E-state index contributed by atoms with van der Waals surface area (Å²) >= 11 is 0. The summed E-state index contributed by atoms with van der Waals surface area (Å²) in [5, 5.41) is 2.57. The van der Waals surface area contributed by atoms with E-state index in [1.165, 1.54) is 12.1 Å². The monoisotopic (exact) mass is 302 g/mol. The van der Waals surface area contributed by atoms with Crippen molar-refractivity contribution in [2.24, 2.45) is 0 Å². The average molecular weight is 302 g/mol. The molecule has 1 fully saturated rings. The Bertz CT molecular complexity index is 591. The highest BCUT2D eigenvalue weighted by Crippen LogP contribution is 2.25. The number of nitrogens with zero attached hydrogens (tertiary/aromatic N) is 1. The number of amides is 2. The van der Waals surface area contributed by atoms with Gasteiger partial charge in [-0.1, -0.05) is 6.58 Å². The number of anilines is 1. The number of likely N-dealkylation sites (N-methyl/N-ethyl adjacent to an activating group) is 1. The van der Waals surface area contributed by atoms with Crippen LogP contribution < -0.4 is 5.32 Å². The fourth-order valence-electron chi connectivity index (χ4n) is 1.86. The van der Waals surface area contributed by atoms with Crippen molar-refractivity contribution in [2.45, 2.75) is 18.9 Å². The van der Waals surface area contributed by atoms with Crippen molar-refractivity contribution in [3.8, 4) is 0 Å². The first kappa shape index (κ1) is 15.8. The molecule has 1 aromatic rings. The van der Waals surface area contributed by atoms with Crippen LogP contribution in [0.5, 0.6) is 0 Å². The summed E-state index contributed by atoms with van der Waals surface area (Å²) in [6, 6.07) is 6.50. The quantitative estimate of drug-likeness (QED) is 0.639. The molecule has 6 nitrogen and oxygen atoms in total. The molecule has 0 bridgehead atoms. The second kappa shape index (κ2) is 6.89. The number of esters is 1. The number of carbonyl (C=O) groups is 3. The lowest BCUT2D eigenvalue weighted by atomic mass is 10.2. The molecule has 6 heteroatoms. The van der Waals surface area contributed by atoms with Crippen LogP contribution in [0.25, 0.3) is 0 Å². The minimum atomic E-state index is -0.570. The summed E-state index contributed by atoms with van der Waals surface area (Å²) in [4.78, 5) is 36.4. The van der Waals surface area contributed by atoms with E-state index >= 15 is 0 Å². The van der Waals surface area contributed by atoms with Gasteiger partial charge in [0.2, 0.25) is 5.91 Å². The number of hydrogen-bond acceptors (Lipinski definition) is 4. The molecule has 0 aromatic heterocycles. The van der Waals surface area contributed by atoms with Crippen LogP contribution in [0.1, 0.15) is 23.2 Å². The second-order valence-corrected chi connectivity index (χ2v) is 5.08. The summed E-state index contributed by atoms with van der Waals surface area (Å²) in [5.41, 5.74) is 0.865. The van der Waals surface area contributed by atoms with Crippen LogP contribution in [0.15, 0.2) is 36.9 Å². The molecule has 0 heterocycles. The maximum absolute atomic E-state index is 11.9. The van der Waals surface area contributed by atoms with Crippen LogP contribution in [-0.4, -0.2) is 42.4 Å². The minimum Gasteiger partial charge on any atom is -0.452 e. The van der Waals surface area contributed by atoms with Crippen molar-refractivity contribution in [1.82, 2.24) is 4.90 Å². The molecule has 0 aliphatic heterocycles. The number of carbonyl (C=O) groups excluding carboxylic acids is 3. The predicted molar refractivity (Wildman–Crippen MR) is 81.3 cm³/mol. The third kappa shape index (κ3) is 4.18. The van der Waals surface area contributed by atoms with Crippen molar-refractivity contribution in [2.75, 3.05) is 19.0 Å². The van der Waals surface area contributed by atoms with Gasteiger partial charge >= 0.3 is 5.97 Å². The van der Waals surface area contributed by atoms with E-state index in [9.17, 15) is 14.4 Å².